The number of halogens is 3. The Hall–Kier alpha value is -3.90. The number of aryl methyl sites for hydroxylation is 1. The van der Waals surface area contributed by atoms with Crippen LogP contribution in [0.15, 0.2) is 91.0 Å². The van der Waals surface area contributed by atoms with E-state index in [2.05, 4.69) is 47.5 Å². The van der Waals surface area contributed by atoms with Crippen LogP contribution >= 0.6 is 0 Å². The zero-order valence-electron chi connectivity index (χ0n) is 20.5. The number of carbonyl (C=O) groups is 1. The maximum absolute atomic E-state index is 13.2. The molecule has 0 saturated carbocycles. The lowest BCUT2D eigenvalue weighted by molar-refractivity contribution is -0.137. The highest BCUT2D eigenvalue weighted by molar-refractivity contribution is 6.08. The number of anilines is 1. The van der Waals surface area contributed by atoms with E-state index in [9.17, 15) is 18.0 Å². The van der Waals surface area contributed by atoms with Gasteiger partial charge in [0.15, 0.2) is 0 Å². The molecule has 37 heavy (non-hydrogen) atoms. The largest absolute Gasteiger partial charge is 0.416 e. The van der Waals surface area contributed by atoms with E-state index in [0.29, 0.717) is 22.4 Å². The van der Waals surface area contributed by atoms with Gasteiger partial charge in [-0.2, -0.15) is 13.2 Å². The third-order valence-electron chi connectivity index (χ3n) is 6.74. The summed E-state index contributed by atoms with van der Waals surface area (Å²) < 4.78 is 38.9. The minimum atomic E-state index is -4.40. The normalized spacial score (nSPS) is 13.7. The number of amides is 1. The molecule has 1 N–H and O–H groups in total. The SMILES string of the molecule is Cc1cccc(CN2CCc3cc(NC(=O)c4ccccc4-c4ccc(C(F)(F)F)cc4)ccc3C2)c1. The maximum Gasteiger partial charge on any atom is 0.416 e. The van der Waals surface area contributed by atoms with Gasteiger partial charge in [-0.25, -0.2) is 0 Å². The Labute approximate surface area is 214 Å². The summed E-state index contributed by atoms with van der Waals surface area (Å²) in [5.74, 6) is -0.299. The lowest BCUT2D eigenvalue weighted by Crippen LogP contribution is -2.30. The molecule has 0 saturated heterocycles. The molecular weight excluding hydrogens is 473 g/mol. The molecule has 188 valence electrons. The van der Waals surface area contributed by atoms with Gasteiger partial charge in [0.1, 0.15) is 0 Å². The van der Waals surface area contributed by atoms with Crippen molar-refractivity contribution in [3.05, 3.63) is 124 Å². The van der Waals surface area contributed by atoms with Crippen molar-refractivity contribution < 1.29 is 18.0 Å². The van der Waals surface area contributed by atoms with Crippen LogP contribution in [0, 0.1) is 6.92 Å². The van der Waals surface area contributed by atoms with Crippen LogP contribution in [0.5, 0.6) is 0 Å². The predicted octanol–water partition coefficient (Wildman–Crippen LogP) is 7.49. The van der Waals surface area contributed by atoms with Crippen molar-refractivity contribution in [2.45, 2.75) is 32.6 Å². The first-order valence-electron chi connectivity index (χ1n) is 12.2. The fraction of sp³-hybridized carbons (Fsp3) is 0.194. The lowest BCUT2D eigenvalue weighted by atomic mass is 9.97. The third kappa shape index (κ3) is 5.75. The summed E-state index contributed by atoms with van der Waals surface area (Å²) in [6.45, 7) is 4.80. The quantitative estimate of drug-likeness (QED) is 0.308. The summed E-state index contributed by atoms with van der Waals surface area (Å²) in [5.41, 5.74) is 6.56. The number of hydrogen-bond donors (Lipinski definition) is 1. The molecule has 1 amide bonds. The standard InChI is InChI=1S/C31H27F3N2O/c1-21-5-4-6-22(17-21)19-36-16-15-24-18-27(14-11-25(24)20-36)35-30(37)29-8-3-2-7-28(29)23-9-12-26(13-10-23)31(32,33)34/h2-14,17-18H,15-16,19-20H2,1H3,(H,35,37). The average Bonchev–Trinajstić information content (AvgIpc) is 2.88. The highest BCUT2D eigenvalue weighted by atomic mass is 19.4. The van der Waals surface area contributed by atoms with E-state index in [1.54, 1.807) is 24.3 Å². The maximum atomic E-state index is 13.2. The Morgan fingerprint density at radius 2 is 1.68 bits per heavy atom. The fourth-order valence-corrected chi connectivity index (χ4v) is 4.86. The molecule has 0 aromatic heterocycles. The topological polar surface area (TPSA) is 32.3 Å². The number of rotatable bonds is 5. The van der Waals surface area contributed by atoms with Crippen LogP contribution < -0.4 is 5.32 Å². The van der Waals surface area contributed by atoms with Crippen molar-refractivity contribution in [2.24, 2.45) is 0 Å². The van der Waals surface area contributed by atoms with Gasteiger partial charge >= 0.3 is 6.18 Å². The van der Waals surface area contributed by atoms with Crippen LogP contribution in [0.25, 0.3) is 11.1 Å². The van der Waals surface area contributed by atoms with Crippen molar-refractivity contribution in [1.29, 1.82) is 0 Å². The van der Waals surface area contributed by atoms with Gasteiger partial charge in [0.05, 0.1) is 5.56 Å². The van der Waals surface area contributed by atoms with Crippen molar-refractivity contribution in [3.8, 4) is 11.1 Å². The first kappa shape index (κ1) is 24.8. The molecule has 1 heterocycles. The predicted molar refractivity (Wildman–Crippen MR) is 140 cm³/mol. The number of hydrogen-bond acceptors (Lipinski definition) is 2. The second kappa shape index (κ2) is 10.2. The lowest BCUT2D eigenvalue weighted by Gasteiger charge is -2.29. The summed E-state index contributed by atoms with van der Waals surface area (Å²) >= 11 is 0. The minimum absolute atomic E-state index is 0.299. The van der Waals surface area contributed by atoms with E-state index in [4.69, 9.17) is 0 Å². The number of nitrogens with zero attached hydrogens (tertiary/aromatic N) is 1. The second-order valence-corrected chi connectivity index (χ2v) is 9.51. The number of carbonyl (C=O) groups excluding carboxylic acids is 1. The summed E-state index contributed by atoms with van der Waals surface area (Å²) in [7, 11) is 0. The van der Waals surface area contributed by atoms with Crippen LogP contribution in [-0.4, -0.2) is 17.4 Å². The highest BCUT2D eigenvalue weighted by Gasteiger charge is 2.30. The Morgan fingerprint density at radius 3 is 2.43 bits per heavy atom. The Balaban J connectivity index is 1.30. The third-order valence-corrected chi connectivity index (χ3v) is 6.74. The molecule has 0 spiro atoms. The Morgan fingerprint density at radius 1 is 0.892 bits per heavy atom. The van der Waals surface area contributed by atoms with Gasteiger partial charge in [-0.3, -0.25) is 9.69 Å². The van der Waals surface area contributed by atoms with Gasteiger partial charge in [0.2, 0.25) is 0 Å². The van der Waals surface area contributed by atoms with Crippen LogP contribution in [0.2, 0.25) is 0 Å². The zero-order valence-corrected chi connectivity index (χ0v) is 20.5. The molecule has 5 rings (SSSR count). The van der Waals surface area contributed by atoms with Gasteiger partial charge in [-0.05, 0) is 71.5 Å². The van der Waals surface area contributed by atoms with Gasteiger partial charge < -0.3 is 5.32 Å². The molecule has 0 bridgehead atoms. The second-order valence-electron chi connectivity index (χ2n) is 9.51. The molecule has 6 heteroatoms. The molecule has 4 aromatic rings. The summed E-state index contributed by atoms with van der Waals surface area (Å²) in [6.07, 6.45) is -3.51. The highest BCUT2D eigenvalue weighted by Crippen LogP contribution is 2.32. The summed E-state index contributed by atoms with van der Waals surface area (Å²) in [4.78, 5) is 15.6. The molecule has 0 unspecified atom stereocenters. The average molecular weight is 501 g/mol. The molecule has 0 atom stereocenters. The van der Waals surface area contributed by atoms with Gasteiger partial charge in [-0.15, -0.1) is 0 Å². The van der Waals surface area contributed by atoms with Crippen LogP contribution in [0.1, 0.15) is 38.2 Å². The van der Waals surface area contributed by atoms with Crippen LogP contribution in [0.3, 0.4) is 0 Å². The molecule has 4 aromatic carbocycles. The number of nitrogens with one attached hydrogen (secondary N) is 1. The molecule has 3 nitrogen and oxygen atoms in total. The Bertz CT molecular complexity index is 1430. The van der Waals surface area contributed by atoms with E-state index in [0.717, 1.165) is 38.2 Å². The molecular formula is C31H27F3N2O. The monoisotopic (exact) mass is 500 g/mol. The minimum Gasteiger partial charge on any atom is -0.322 e. The van der Waals surface area contributed by atoms with Gasteiger partial charge in [0, 0.05) is 30.9 Å². The molecule has 0 radical (unpaired) electrons. The van der Waals surface area contributed by atoms with Crippen molar-refractivity contribution >= 4 is 11.6 Å². The first-order chi connectivity index (χ1) is 17.8. The van der Waals surface area contributed by atoms with Crippen LogP contribution in [0.4, 0.5) is 18.9 Å². The Kier molecular flexibility index (Phi) is 6.85. The molecule has 0 aliphatic carbocycles. The number of benzene rings is 4. The smallest absolute Gasteiger partial charge is 0.322 e. The van der Waals surface area contributed by atoms with E-state index in [-0.39, 0.29) is 5.91 Å². The first-order valence-corrected chi connectivity index (χ1v) is 12.2. The van der Waals surface area contributed by atoms with E-state index < -0.39 is 11.7 Å². The van der Waals surface area contributed by atoms with Crippen molar-refractivity contribution in [2.75, 3.05) is 11.9 Å². The summed E-state index contributed by atoms with van der Waals surface area (Å²) in [5, 5.41) is 2.98. The van der Waals surface area contributed by atoms with E-state index in [1.807, 2.05) is 12.1 Å². The van der Waals surface area contributed by atoms with Gasteiger partial charge in [-0.1, -0.05) is 66.2 Å². The zero-order chi connectivity index (χ0) is 26.0. The fourth-order valence-electron chi connectivity index (χ4n) is 4.86. The van der Waals surface area contributed by atoms with Crippen molar-refractivity contribution in [3.63, 3.8) is 0 Å². The molecule has 1 aliphatic heterocycles. The van der Waals surface area contributed by atoms with Crippen LogP contribution in [-0.2, 0) is 25.7 Å². The molecule has 0 fully saturated rings. The van der Waals surface area contributed by atoms with E-state index in [1.165, 1.54) is 34.4 Å². The summed E-state index contributed by atoms with van der Waals surface area (Å²) in [6, 6.07) is 26.4. The van der Waals surface area contributed by atoms with Gasteiger partial charge in [0.25, 0.3) is 5.91 Å². The van der Waals surface area contributed by atoms with E-state index >= 15 is 0 Å². The van der Waals surface area contributed by atoms with Crippen molar-refractivity contribution in [1.82, 2.24) is 4.90 Å². The number of alkyl halides is 3. The molecule has 1 aliphatic rings. The number of fused-ring (bicyclic) bond motifs is 1.